The SMILES string of the molecule is COc1ccc(S(=O)(=O)N2CCN(C(=O)CCC3CCNCC3)CC2)cc1.Cl. The summed E-state index contributed by atoms with van der Waals surface area (Å²) in [6.45, 7) is 3.68. The van der Waals surface area contributed by atoms with E-state index in [2.05, 4.69) is 5.32 Å². The minimum Gasteiger partial charge on any atom is -0.497 e. The molecule has 2 aliphatic heterocycles. The summed E-state index contributed by atoms with van der Waals surface area (Å²) in [5, 5.41) is 3.34. The predicted molar refractivity (Wildman–Crippen MR) is 110 cm³/mol. The first-order valence-electron chi connectivity index (χ1n) is 9.63. The zero-order chi connectivity index (χ0) is 19.3. The number of methoxy groups -OCH3 is 1. The number of ether oxygens (including phenoxy) is 1. The highest BCUT2D eigenvalue weighted by Crippen LogP contribution is 2.22. The van der Waals surface area contributed by atoms with E-state index in [1.807, 2.05) is 0 Å². The monoisotopic (exact) mass is 431 g/mol. The fourth-order valence-electron chi connectivity index (χ4n) is 3.73. The molecule has 0 unspecified atom stereocenters. The molecule has 9 heteroatoms. The highest BCUT2D eigenvalue weighted by atomic mass is 35.5. The second-order valence-corrected chi connectivity index (χ2v) is 9.13. The number of carbonyl (C=O) groups excluding carboxylic acids is 1. The Labute approximate surface area is 173 Å². The highest BCUT2D eigenvalue weighted by molar-refractivity contribution is 7.89. The number of piperazine rings is 1. The van der Waals surface area contributed by atoms with Crippen molar-refractivity contribution < 1.29 is 17.9 Å². The molecule has 7 nitrogen and oxygen atoms in total. The molecule has 1 N–H and O–H groups in total. The summed E-state index contributed by atoms with van der Waals surface area (Å²) in [7, 11) is -1.99. The van der Waals surface area contributed by atoms with Gasteiger partial charge in [-0.2, -0.15) is 4.31 Å². The van der Waals surface area contributed by atoms with Crippen LogP contribution >= 0.6 is 12.4 Å². The first-order valence-corrected chi connectivity index (χ1v) is 11.1. The maximum Gasteiger partial charge on any atom is 0.243 e. The van der Waals surface area contributed by atoms with Crippen molar-refractivity contribution in [1.29, 1.82) is 0 Å². The first-order chi connectivity index (χ1) is 13.0. The largest absolute Gasteiger partial charge is 0.497 e. The van der Waals surface area contributed by atoms with Gasteiger partial charge in [-0.15, -0.1) is 12.4 Å². The number of nitrogens with one attached hydrogen (secondary N) is 1. The molecule has 2 aliphatic rings. The van der Waals surface area contributed by atoms with E-state index in [0.29, 0.717) is 44.3 Å². The lowest BCUT2D eigenvalue weighted by atomic mass is 9.93. The van der Waals surface area contributed by atoms with Gasteiger partial charge in [0.2, 0.25) is 15.9 Å². The van der Waals surface area contributed by atoms with Gasteiger partial charge in [-0.05, 0) is 62.5 Å². The molecule has 0 aromatic heterocycles. The van der Waals surface area contributed by atoms with E-state index in [0.717, 1.165) is 32.4 Å². The fourth-order valence-corrected chi connectivity index (χ4v) is 5.15. The lowest BCUT2D eigenvalue weighted by molar-refractivity contribution is -0.132. The van der Waals surface area contributed by atoms with Crippen molar-refractivity contribution in [3.63, 3.8) is 0 Å². The topological polar surface area (TPSA) is 79.0 Å². The molecule has 0 spiro atoms. The number of hydrogen-bond donors (Lipinski definition) is 1. The van der Waals surface area contributed by atoms with Crippen LogP contribution in [0.15, 0.2) is 29.2 Å². The third-order valence-electron chi connectivity index (χ3n) is 5.51. The third kappa shape index (κ3) is 5.59. The second kappa shape index (κ2) is 10.4. The van der Waals surface area contributed by atoms with E-state index >= 15 is 0 Å². The fraction of sp³-hybridized carbons (Fsp3) is 0.632. The zero-order valence-electron chi connectivity index (χ0n) is 16.3. The molecule has 158 valence electrons. The quantitative estimate of drug-likeness (QED) is 0.742. The number of amides is 1. The van der Waals surface area contributed by atoms with Crippen molar-refractivity contribution in [3.05, 3.63) is 24.3 Å². The van der Waals surface area contributed by atoms with Gasteiger partial charge in [-0.25, -0.2) is 8.42 Å². The van der Waals surface area contributed by atoms with E-state index in [1.165, 1.54) is 4.31 Å². The Morgan fingerprint density at radius 2 is 1.71 bits per heavy atom. The van der Waals surface area contributed by atoms with Crippen molar-refractivity contribution >= 4 is 28.3 Å². The summed E-state index contributed by atoms with van der Waals surface area (Å²) in [5.74, 6) is 1.40. The lowest BCUT2D eigenvalue weighted by Gasteiger charge is -2.34. The Morgan fingerprint density at radius 3 is 2.29 bits per heavy atom. The standard InChI is InChI=1S/C19H29N3O4S.ClH/c1-26-17-3-5-18(6-4-17)27(24,25)22-14-12-21(13-15-22)19(23)7-2-16-8-10-20-11-9-16;/h3-6,16,20H,2,7-15H2,1H3;1H. The molecule has 0 atom stereocenters. The number of benzene rings is 1. The van der Waals surface area contributed by atoms with E-state index in [9.17, 15) is 13.2 Å². The van der Waals surface area contributed by atoms with Crippen LogP contribution in [-0.4, -0.2) is 69.9 Å². The first kappa shape index (κ1) is 22.9. The number of halogens is 1. The summed E-state index contributed by atoms with van der Waals surface area (Å²) in [6.07, 6.45) is 3.78. The van der Waals surface area contributed by atoms with Gasteiger partial charge in [-0.1, -0.05) is 0 Å². The molecule has 0 aliphatic carbocycles. The molecule has 1 amide bonds. The normalized spacial score (nSPS) is 19.1. The number of sulfonamides is 1. The Morgan fingerprint density at radius 1 is 1.11 bits per heavy atom. The van der Waals surface area contributed by atoms with Crippen molar-refractivity contribution in [2.24, 2.45) is 5.92 Å². The molecule has 2 fully saturated rings. The highest BCUT2D eigenvalue weighted by Gasteiger charge is 2.30. The number of carbonyl (C=O) groups is 1. The average molecular weight is 432 g/mol. The Kier molecular flexibility index (Phi) is 8.55. The number of hydrogen-bond acceptors (Lipinski definition) is 5. The van der Waals surface area contributed by atoms with E-state index in [4.69, 9.17) is 4.74 Å². The lowest BCUT2D eigenvalue weighted by Crippen LogP contribution is -2.50. The van der Waals surface area contributed by atoms with Gasteiger partial charge in [0.15, 0.2) is 0 Å². The van der Waals surface area contributed by atoms with Crippen LogP contribution in [0.4, 0.5) is 0 Å². The van der Waals surface area contributed by atoms with Crippen LogP contribution in [0.1, 0.15) is 25.7 Å². The minimum absolute atomic E-state index is 0. The minimum atomic E-state index is -3.53. The summed E-state index contributed by atoms with van der Waals surface area (Å²) >= 11 is 0. The smallest absolute Gasteiger partial charge is 0.243 e. The summed E-state index contributed by atoms with van der Waals surface area (Å²) < 4.78 is 32.1. The van der Waals surface area contributed by atoms with Crippen LogP contribution in [0, 0.1) is 5.92 Å². The van der Waals surface area contributed by atoms with Crippen LogP contribution in [-0.2, 0) is 14.8 Å². The van der Waals surface area contributed by atoms with Crippen LogP contribution < -0.4 is 10.1 Å². The summed E-state index contributed by atoms with van der Waals surface area (Å²) in [5.41, 5.74) is 0. The second-order valence-electron chi connectivity index (χ2n) is 7.19. The molecule has 1 aromatic rings. The van der Waals surface area contributed by atoms with Crippen molar-refractivity contribution in [2.75, 3.05) is 46.4 Å². The maximum absolute atomic E-state index is 12.8. The van der Waals surface area contributed by atoms with Crippen molar-refractivity contribution in [3.8, 4) is 5.75 Å². The summed E-state index contributed by atoms with van der Waals surface area (Å²) in [4.78, 5) is 14.5. The average Bonchev–Trinajstić information content (AvgIpc) is 2.73. The van der Waals surface area contributed by atoms with Crippen LogP contribution in [0.2, 0.25) is 0 Å². The van der Waals surface area contributed by atoms with Crippen molar-refractivity contribution in [1.82, 2.24) is 14.5 Å². The van der Waals surface area contributed by atoms with Gasteiger partial charge in [0.25, 0.3) is 0 Å². The molecule has 2 saturated heterocycles. The van der Waals surface area contributed by atoms with Crippen molar-refractivity contribution in [2.45, 2.75) is 30.6 Å². The van der Waals surface area contributed by atoms with Crippen LogP contribution in [0.3, 0.4) is 0 Å². The van der Waals surface area contributed by atoms with Gasteiger partial charge in [0.05, 0.1) is 12.0 Å². The molecule has 0 bridgehead atoms. The molecule has 2 heterocycles. The molecule has 28 heavy (non-hydrogen) atoms. The molecule has 1 aromatic carbocycles. The zero-order valence-corrected chi connectivity index (χ0v) is 17.9. The molecule has 0 radical (unpaired) electrons. The number of rotatable bonds is 6. The summed E-state index contributed by atoms with van der Waals surface area (Å²) in [6, 6.07) is 6.41. The van der Waals surface area contributed by atoms with Crippen LogP contribution in [0.25, 0.3) is 0 Å². The van der Waals surface area contributed by atoms with E-state index in [-0.39, 0.29) is 23.2 Å². The Bertz CT molecular complexity index is 728. The van der Waals surface area contributed by atoms with Gasteiger partial charge in [0.1, 0.15) is 5.75 Å². The van der Waals surface area contributed by atoms with Gasteiger partial charge in [-0.3, -0.25) is 4.79 Å². The van der Waals surface area contributed by atoms with Gasteiger partial charge in [0, 0.05) is 32.6 Å². The molecule has 0 saturated carbocycles. The Balaban J connectivity index is 0.00000280. The van der Waals surface area contributed by atoms with Crippen LogP contribution in [0.5, 0.6) is 5.75 Å². The maximum atomic E-state index is 12.8. The van der Waals surface area contributed by atoms with Gasteiger partial charge >= 0.3 is 0 Å². The third-order valence-corrected chi connectivity index (χ3v) is 7.43. The van der Waals surface area contributed by atoms with E-state index in [1.54, 1.807) is 36.3 Å². The van der Waals surface area contributed by atoms with E-state index < -0.39 is 10.0 Å². The molecular weight excluding hydrogens is 402 g/mol. The Hall–Kier alpha value is -1.35. The molecule has 3 rings (SSSR count). The van der Waals surface area contributed by atoms with Gasteiger partial charge < -0.3 is 15.0 Å². The molecular formula is C19H30ClN3O4S. The predicted octanol–water partition coefficient (Wildman–Crippen LogP) is 1.73. The number of nitrogens with zero attached hydrogens (tertiary/aromatic N) is 2. The number of piperidine rings is 1.